The van der Waals surface area contributed by atoms with E-state index < -0.39 is 0 Å². The summed E-state index contributed by atoms with van der Waals surface area (Å²) in [5.41, 5.74) is 19.5. The molecular weight excluding hydrogens is 1180 g/mol. The molecule has 16 rings (SSSR count). The Hall–Kier alpha value is -9.94. The number of aromatic nitrogens is 4. The summed E-state index contributed by atoms with van der Waals surface area (Å²) < 4.78 is 13.8. The van der Waals surface area contributed by atoms with Crippen LogP contribution >= 0.6 is 0 Å². The topological polar surface area (TPSA) is 43.4 Å². The molecule has 0 saturated heterocycles. The normalized spacial score (nSPS) is 12.3. The van der Waals surface area contributed by atoms with Crippen LogP contribution in [0.5, 0.6) is 11.5 Å². The molecule has 11 aromatic carbocycles. The third kappa shape index (κ3) is 7.87. The van der Waals surface area contributed by atoms with Gasteiger partial charge in [0.15, 0.2) is 0 Å². The minimum Gasteiger partial charge on any atom is -0.509 e. The van der Waals surface area contributed by atoms with Crippen LogP contribution in [0.1, 0.15) is 5.56 Å². The van der Waals surface area contributed by atoms with Crippen LogP contribution in [0.2, 0.25) is 0 Å². The molecule has 0 radical (unpaired) electrons. The Bertz CT molecular complexity index is 4850. The van der Waals surface area contributed by atoms with E-state index >= 15 is 0 Å². The van der Waals surface area contributed by atoms with Crippen molar-refractivity contribution in [1.29, 1.82) is 0 Å². The van der Waals surface area contributed by atoms with Gasteiger partial charge in [-0.1, -0.05) is 151 Å². The molecule has 1 aliphatic heterocycles. The van der Waals surface area contributed by atoms with Gasteiger partial charge in [-0.05, 0) is 120 Å². The summed E-state index contributed by atoms with van der Waals surface area (Å²) >= 11 is 0. The van der Waals surface area contributed by atoms with Gasteiger partial charge in [-0.15, -0.1) is 41.4 Å². The van der Waals surface area contributed by atoms with E-state index in [0.717, 1.165) is 94.8 Å². The number of nitrogens with zero attached hydrogens (tertiary/aromatic N) is 6. The second-order valence-electron chi connectivity index (χ2n) is 21.0. The van der Waals surface area contributed by atoms with Crippen molar-refractivity contribution in [2.24, 2.45) is 0 Å². The minimum absolute atomic E-state index is 0. The summed E-state index contributed by atoms with van der Waals surface area (Å²) in [6.45, 7) is 4.30. The monoisotopic (exact) mass is 1230 g/mol. The molecule has 15 aromatic rings. The Morgan fingerprint density at radius 1 is 0.402 bits per heavy atom. The van der Waals surface area contributed by atoms with Gasteiger partial charge in [-0.3, -0.25) is 0 Å². The van der Waals surface area contributed by atoms with Crippen LogP contribution in [0.15, 0.2) is 255 Å². The molecule has 0 N–H and O–H groups in total. The number of ether oxygens (including phenoxy) is 1. The van der Waals surface area contributed by atoms with Gasteiger partial charge in [0.1, 0.15) is 5.82 Å². The molecule has 0 amide bonds. The van der Waals surface area contributed by atoms with Gasteiger partial charge >= 0.3 is 0 Å². The van der Waals surface area contributed by atoms with Crippen LogP contribution in [0.4, 0.5) is 17.1 Å². The van der Waals surface area contributed by atoms with E-state index in [4.69, 9.17) is 9.72 Å². The first kappa shape index (κ1) is 49.1. The van der Waals surface area contributed by atoms with Crippen molar-refractivity contribution in [2.45, 2.75) is 6.92 Å². The van der Waals surface area contributed by atoms with E-state index in [0.29, 0.717) is 11.5 Å². The molecule has 7 nitrogen and oxygen atoms in total. The number of rotatable bonds is 9. The molecule has 0 aliphatic carbocycles. The third-order valence-corrected chi connectivity index (χ3v) is 16.3. The maximum absolute atomic E-state index is 6.66. The standard InChI is InChI=1S/C74H49N6O.Pt/c1-48-41-73(80-65-30-14-11-27-58(65)59-38-37-55(45-72(59)80)81-54-24-17-23-53(44-54)77-47-76(2)68-31-15-16-32-69(68)77)75-46-62(48)74-70(78-63-28-12-9-25-56(63)57-26-10-13-29-64(57)78)33-18-34-71(74)79-66-39-35-51(49-19-5-3-6-20-49)42-60(66)61-43-52(36-40-67(61)79)50-21-7-4-8-22-50;/h3-43,46-47H,1-2H3;/q-3;. The number of benzene rings is 11. The van der Waals surface area contributed by atoms with E-state index in [1.165, 1.54) is 43.8 Å². The Morgan fingerprint density at radius 2 is 0.902 bits per heavy atom. The molecule has 82 heavy (non-hydrogen) atoms. The molecule has 394 valence electrons. The van der Waals surface area contributed by atoms with Crippen LogP contribution < -0.4 is 14.5 Å². The maximum Gasteiger partial charge on any atom is 0.135 e. The fraction of sp³-hybridized carbons (Fsp3) is 0.0270. The first-order chi connectivity index (χ1) is 40.0. The SMILES string of the molecule is Cc1cc(-n2c3[c-]c(Oc4[c-]c(N5[CH-]N(C)c6ccccc65)ccc4)ccc3c3ccccc32)ncc1-c1c(-n2c3ccccc3c3ccccc32)cccc1-n1c2ccc(-c3ccccc3)cc2c2cc(-c3ccccc3)ccc21.[Pt]. The van der Waals surface area contributed by atoms with Crippen LogP contribution in [-0.4, -0.2) is 25.7 Å². The van der Waals surface area contributed by atoms with Crippen molar-refractivity contribution in [3.8, 4) is 62.1 Å². The zero-order valence-corrected chi connectivity index (χ0v) is 47.0. The quantitative estimate of drug-likeness (QED) is 0.135. The summed E-state index contributed by atoms with van der Waals surface area (Å²) in [5.74, 6) is 1.96. The fourth-order valence-electron chi connectivity index (χ4n) is 12.6. The average Bonchev–Trinajstić information content (AvgIpc) is 3.67. The van der Waals surface area contributed by atoms with Crippen molar-refractivity contribution in [1.82, 2.24) is 18.7 Å². The number of anilines is 3. The van der Waals surface area contributed by atoms with E-state index in [9.17, 15) is 0 Å². The zero-order chi connectivity index (χ0) is 53.7. The third-order valence-electron chi connectivity index (χ3n) is 16.3. The van der Waals surface area contributed by atoms with Gasteiger partial charge in [-0.2, -0.15) is 18.8 Å². The molecule has 8 heteroatoms. The number of pyridine rings is 1. The van der Waals surface area contributed by atoms with Gasteiger partial charge in [0.25, 0.3) is 0 Å². The molecule has 1 aliphatic rings. The number of fused-ring (bicyclic) bond motifs is 10. The number of aryl methyl sites for hydroxylation is 1. The summed E-state index contributed by atoms with van der Waals surface area (Å²) in [5, 5.41) is 6.94. The fourth-order valence-corrected chi connectivity index (χ4v) is 12.6. The van der Waals surface area contributed by atoms with E-state index in [1.54, 1.807) is 0 Å². The molecule has 0 saturated carbocycles. The van der Waals surface area contributed by atoms with E-state index in [2.05, 4.69) is 293 Å². The smallest absolute Gasteiger partial charge is 0.135 e. The largest absolute Gasteiger partial charge is 0.509 e. The van der Waals surface area contributed by atoms with Crippen LogP contribution in [0.3, 0.4) is 0 Å². The molecule has 0 fully saturated rings. The number of para-hydroxylation sites is 5. The number of hydrogen-bond acceptors (Lipinski definition) is 4. The summed E-state index contributed by atoms with van der Waals surface area (Å²) in [6.07, 6.45) is 2.09. The Morgan fingerprint density at radius 3 is 1.51 bits per heavy atom. The van der Waals surface area contributed by atoms with Gasteiger partial charge in [0.05, 0.1) is 33.4 Å². The van der Waals surface area contributed by atoms with Gasteiger partial charge in [-0.25, -0.2) is 4.98 Å². The van der Waals surface area contributed by atoms with Crippen LogP contribution in [0, 0.1) is 25.7 Å². The molecule has 5 heterocycles. The second kappa shape index (κ2) is 19.7. The van der Waals surface area contributed by atoms with E-state index in [-0.39, 0.29) is 21.1 Å². The predicted molar refractivity (Wildman–Crippen MR) is 334 cm³/mol. The second-order valence-corrected chi connectivity index (χ2v) is 21.0. The number of hydrogen-bond donors (Lipinski definition) is 0. The average molecular weight is 1230 g/mol. The molecular formula is C74H49N6OPt-3. The Kier molecular flexibility index (Phi) is 11.8. The Labute approximate surface area is 489 Å². The first-order valence-corrected chi connectivity index (χ1v) is 27.4. The van der Waals surface area contributed by atoms with Gasteiger partial charge in [0.2, 0.25) is 0 Å². The molecule has 4 aromatic heterocycles. The van der Waals surface area contributed by atoms with Crippen molar-refractivity contribution < 1.29 is 25.8 Å². The van der Waals surface area contributed by atoms with E-state index in [1.807, 2.05) is 18.2 Å². The molecule has 0 unspecified atom stereocenters. The van der Waals surface area contributed by atoms with Gasteiger partial charge in [0, 0.05) is 88.3 Å². The summed E-state index contributed by atoms with van der Waals surface area (Å²) in [6, 6.07) is 96.1. The Balaban J connectivity index is 0.00000576. The van der Waals surface area contributed by atoms with Crippen LogP contribution in [-0.2, 0) is 21.1 Å². The summed E-state index contributed by atoms with van der Waals surface area (Å²) in [7, 11) is 2.06. The van der Waals surface area contributed by atoms with Crippen molar-refractivity contribution >= 4 is 82.5 Å². The minimum atomic E-state index is 0. The first-order valence-electron chi connectivity index (χ1n) is 27.4. The van der Waals surface area contributed by atoms with Crippen molar-refractivity contribution in [2.75, 3.05) is 16.8 Å². The van der Waals surface area contributed by atoms with Crippen LogP contribution in [0.25, 0.3) is 116 Å². The maximum atomic E-state index is 6.66. The van der Waals surface area contributed by atoms with Crippen molar-refractivity contribution in [3.63, 3.8) is 0 Å². The molecule has 0 bridgehead atoms. The molecule has 0 spiro atoms. The van der Waals surface area contributed by atoms with Gasteiger partial charge < -0.3 is 28.2 Å². The predicted octanol–water partition coefficient (Wildman–Crippen LogP) is 18.8. The molecule has 0 atom stereocenters. The van der Waals surface area contributed by atoms with Crippen molar-refractivity contribution in [3.05, 3.63) is 279 Å². The summed E-state index contributed by atoms with van der Waals surface area (Å²) in [4.78, 5) is 9.76. The zero-order valence-electron chi connectivity index (χ0n) is 44.7.